The highest BCUT2D eigenvalue weighted by atomic mass is 19.4. The number of likely N-dealkylation sites (tertiary alicyclic amines) is 1. The first-order valence-electron chi connectivity index (χ1n) is 9.60. The standard InChI is InChI=1S/C20H20F3N5O2/c1-3-4-16-24-9-15-17(25-16)26(2)18(29)28(15)19(30)27-10-13(11-27)12-5-7-14(8-6-12)20(21,22)23/h5-9,13H,3-4,10-11H2,1-2H3. The number of amides is 1. The van der Waals surface area contributed by atoms with E-state index in [9.17, 15) is 22.8 Å². The van der Waals surface area contributed by atoms with E-state index in [-0.39, 0.29) is 5.92 Å². The van der Waals surface area contributed by atoms with Crippen LogP contribution in [0.1, 0.15) is 36.2 Å². The molecule has 1 saturated heterocycles. The minimum absolute atomic E-state index is 0.0747. The van der Waals surface area contributed by atoms with Crippen LogP contribution in [0.15, 0.2) is 35.3 Å². The molecule has 0 radical (unpaired) electrons. The zero-order chi connectivity index (χ0) is 21.6. The first kappa shape index (κ1) is 20.1. The number of hydrogen-bond donors (Lipinski definition) is 0. The summed E-state index contributed by atoms with van der Waals surface area (Å²) in [6, 6.07) is 4.46. The fourth-order valence-electron chi connectivity index (χ4n) is 3.61. The Hall–Kier alpha value is -3.17. The first-order chi connectivity index (χ1) is 14.2. The summed E-state index contributed by atoms with van der Waals surface area (Å²) in [6.45, 7) is 2.64. The van der Waals surface area contributed by atoms with Crippen molar-refractivity contribution in [3.05, 3.63) is 57.9 Å². The third-order valence-corrected chi connectivity index (χ3v) is 5.36. The van der Waals surface area contributed by atoms with Crippen LogP contribution >= 0.6 is 0 Å². The maximum absolute atomic E-state index is 12.9. The molecule has 3 heterocycles. The molecule has 1 aliphatic rings. The number of halogens is 3. The maximum atomic E-state index is 12.9. The van der Waals surface area contributed by atoms with Crippen LogP contribution in [-0.4, -0.2) is 43.1 Å². The van der Waals surface area contributed by atoms with Crippen LogP contribution in [0.2, 0.25) is 0 Å². The quantitative estimate of drug-likeness (QED) is 0.654. The Labute approximate surface area is 169 Å². The molecule has 4 rings (SSSR count). The van der Waals surface area contributed by atoms with Crippen LogP contribution in [-0.2, 0) is 19.6 Å². The molecule has 1 amide bonds. The molecule has 0 atom stereocenters. The molecule has 1 fully saturated rings. The van der Waals surface area contributed by atoms with E-state index in [1.807, 2.05) is 6.92 Å². The molecule has 2 aromatic heterocycles. The van der Waals surface area contributed by atoms with E-state index in [1.165, 1.54) is 27.8 Å². The Morgan fingerprint density at radius 3 is 2.47 bits per heavy atom. The lowest BCUT2D eigenvalue weighted by Gasteiger charge is -2.39. The number of benzene rings is 1. The summed E-state index contributed by atoms with van der Waals surface area (Å²) in [6.07, 6.45) is -1.36. The van der Waals surface area contributed by atoms with Gasteiger partial charge in [-0.05, 0) is 24.1 Å². The molecule has 0 N–H and O–H groups in total. The number of alkyl halides is 3. The highest BCUT2D eigenvalue weighted by molar-refractivity contribution is 5.88. The number of fused-ring (bicyclic) bond motifs is 1. The smallest absolute Gasteiger partial charge is 0.323 e. The van der Waals surface area contributed by atoms with Gasteiger partial charge in [0.2, 0.25) is 0 Å². The van der Waals surface area contributed by atoms with E-state index < -0.39 is 23.5 Å². The van der Waals surface area contributed by atoms with Crippen molar-refractivity contribution in [3.8, 4) is 0 Å². The van der Waals surface area contributed by atoms with Gasteiger partial charge in [-0.1, -0.05) is 19.1 Å². The van der Waals surface area contributed by atoms with Gasteiger partial charge in [0.25, 0.3) is 0 Å². The normalized spacial score (nSPS) is 14.9. The molecule has 0 aliphatic carbocycles. The highest BCUT2D eigenvalue weighted by Crippen LogP contribution is 2.32. The van der Waals surface area contributed by atoms with Crippen molar-refractivity contribution >= 4 is 17.2 Å². The third kappa shape index (κ3) is 3.35. The van der Waals surface area contributed by atoms with Crippen molar-refractivity contribution in [2.75, 3.05) is 13.1 Å². The molecule has 7 nitrogen and oxygen atoms in total. The average molecular weight is 419 g/mol. The number of carbonyl (C=O) groups is 1. The lowest BCUT2D eigenvalue weighted by molar-refractivity contribution is -0.137. The number of carbonyl (C=O) groups excluding carboxylic acids is 1. The largest absolute Gasteiger partial charge is 0.416 e. The Bertz CT molecular complexity index is 1160. The average Bonchev–Trinajstić information content (AvgIpc) is 2.91. The Balaban J connectivity index is 1.53. The SMILES string of the molecule is CCCc1ncc2c(n1)n(C)c(=O)n2C(=O)N1CC(c2ccc(C(F)(F)F)cc2)C1. The summed E-state index contributed by atoms with van der Waals surface area (Å²) in [4.78, 5) is 35.7. The highest BCUT2D eigenvalue weighted by Gasteiger charge is 2.35. The lowest BCUT2D eigenvalue weighted by Crippen LogP contribution is -2.52. The summed E-state index contributed by atoms with van der Waals surface area (Å²) < 4.78 is 40.5. The maximum Gasteiger partial charge on any atom is 0.416 e. The zero-order valence-corrected chi connectivity index (χ0v) is 16.5. The molecule has 10 heteroatoms. The molecule has 0 spiro atoms. The van der Waals surface area contributed by atoms with Crippen LogP contribution in [0.3, 0.4) is 0 Å². The monoisotopic (exact) mass is 419 g/mol. The molecule has 30 heavy (non-hydrogen) atoms. The third-order valence-electron chi connectivity index (χ3n) is 5.36. The molecular formula is C20H20F3N5O2. The Kier molecular flexibility index (Phi) is 4.87. The molecule has 1 aromatic carbocycles. The second-order valence-electron chi connectivity index (χ2n) is 7.43. The van der Waals surface area contributed by atoms with E-state index in [0.29, 0.717) is 36.5 Å². The first-order valence-corrected chi connectivity index (χ1v) is 9.60. The van der Waals surface area contributed by atoms with Gasteiger partial charge in [0, 0.05) is 32.5 Å². The fraction of sp³-hybridized carbons (Fsp3) is 0.400. The van der Waals surface area contributed by atoms with Crippen LogP contribution in [0, 0.1) is 0 Å². The summed E-state index contributed by atoms with van der Waals surface area (Å²) in [5, 5.41) is 0. The summed E-state index contributed by atoms with van der Waals surface area (Å²) in [7, 11) is 1.55. The van der Waals surface area contributed by atoms with E-state index >= 15 is 0 Å². The fourth-order valence-corrected chi connectivity index (χ4v) is 3.61. The van der Waals surface area contributed by atoms with Gasteiger partial charge in [-0.25, -0.2) is 24.1 Å². The molecule has 158 valence electrons. The number of aromatic nitrogens is 4. The Morgan fingerprint density at radius 1 is 1.20 bits per heavy atom. The van der Waals surface area contributed by atoms with Gasteiger partial charge < -0.3 is 4.90 Å². The minimum Gasteiger partial charge on any atom is -0.323 e. The van der Waals surface area contributed by atoms with Crippen molar-refractivity contribution in [1.29, 1.82) is 0 Å². The molecule has 0 saturated carbocycles. The van der Waals surface area contributed by atoms with Crippen molar-refractivity contribution in [2.45, 2.75) is 31.9 Å². The van der Waals surface area contributed by atoms with Gasteiger partial charge >= 0.3 is 17.9 Å². The zero-order valence-electron chi connectivity index (χ0n) is 16.5. The molecule has 0 bridgehead atoms. The molecule has 1 aliphatic heterocycles. The topological polar surface area (TPSA) is 73.0 Å². The van der Waals surface area contributed by atoms with Gasteiger partial charge in [0.1, 0.15) is 11.3 Å². The molecule has 3 aromatic rings. The van der Waals surface area contributed by atoms with Crippen LogP contribution in [0.4, 0.5) is 18.0 Å². The number of imidazole rings is 1. The second kappa shape index (κ2) is 7.26. The van der Waals surface area contributed by atoms with Gasteiger partial charge in [-0.2, -0.15) is 13.2 Å². The molecular weight excluding hydrogens is 399 g/mol. The van der Waals surface area contributed by atoms with E-state index in [2.05, 4.69) is 9.97 Å². The predicted molar refractivity (Wildman–Crippen MR) is 103 cm³/mol. The summed E-state index contributed by atoms with van der Waals surface area (Å²) in [5.41, 5.74) is 0.251. The van der Waals surface area contributed by atoms with Gasteiger partial charge in [0.05, 0.1) is 11.8 Å². The Morgan fingerprint density at radius 2 is 1.87 bits per heavy atom. The predicted octanol–water partition coefficient (Wildman–Crippen LogP) is 3.17. The van der Waals surface area contributed by atoms with Gasteiger partial charge in [0.15, 0.2) is 5.65 Å². The number of nitrogens with zero attached hydrogens (tertiary/aromatic N) is 5. The minimum atomic E-state index is -4.38. The van der Waals surface area contributed by atoms with Crippen molar-refractivity contribution < 1.29 is 18.0 Å². The van der Waals surface area contributed by atoms with Crippen molar-refractivity contribution in [2.24, 2.45) is 7.05 Å². The lowest BCUT2D eigenvalue weighted by atomic mass is 9.91. The van der Waals surface area contributed by atoms with Gasteiger partial charge in [-0.15, -0.1) is 0 Å². The van der Waals surface area contributed by atoms with Crippen LogP contribution < -0.4 is 5.69 Å². The van der Waals surface area contributed by atoms with Gasteiger partial charge in [-0.3, -0.25) is 4.57 Å². The van der Waals surface area contributed by atoms with Crippen molar-refractivity contribution in [1.82, 2.24) is 24.0 Å². The molecule has 0 unspecified atom stereocenters. The van der Waals surface area contributed by atoms with Crippen LogP contribution in [0.25, 0.3) is 11.2 Å². The number of hydrogen-bond acceptors (Lipinski definition) is 4. The van der Waals surface area contributed by atoms with Crippen LogP contribution in [0.5, 0.6) is 0 Å². The van der Waals surface area contributed by atoms with E-state index in [4.69, 9.17) is 0 Å². The number of aryl methyl sites for hydroxylation is 2. The van der Waals surface area contributed by atoms with E-state index in [1.54, 1.807) is 7.05 Å². The summed E-state index contributed by atoms with van der Waals surface area (Å²) in [5.74, 6) is 0.533. The number of rotatable bonds is 3. The summed E-state index contributed by atoms with van der Waals surface area (Å²) >= 11 is 0. The second-order valence-corrected chi connectivity index (χ2v) is 7.43. The van der Waals surface area contributed by atoms with Crippen molar-refractivity contribution in [3.63, 3.8) is 0 Å². The van der Waals surface area contributed by atoms with E-state index in [0.717, 1.165) is 28.7 Å².